The summed E-state index contributed by atoms with van der Waals surface area (Å²) in [6.07, 6.45) is 17.5. The van der Waals surface area contributed by atoms with Gasteiger partial charge in [0.05, 0.1) is 0 Å². The molecule has 0 heterocycles. The maximum absolute atomic E-state index is 9.64. The fourth-order valence-corrected chi connectivity index (χ4v) is 10.5. The van der Waals surface area contributed by atoms with E-state index in [0.717, 1.165) is 41.4 Å². The van der Waals surface area contributed by atoms with Gasteiger partial charge in [-0.15, -0.1) is 0 Å². The van der Waals surface area contributed by atoms with E-state index in [9.17, 15) is 5.11 Å². The van der Waals surface area contributed by atoms with Crippen LogP contribution >= 0.6 is 0 Å². The standard InChI is InChI=1S/C30H54O/c1-7-23(22(4)19-31)11-10-21(3)26-14-15-27-24-12-13-25-20(2)9-8-17-29(25,5)28(24)16-18-30(26,27)6/h20-28,31H,7-19H2,1-6H3/t20?,21-,22?,23?,24+,25?,26-,27+,28+,29+,30-/m1/s1. The second kappa shape index (κ2) is 9.31. The first-order valence-electron chi connectivity index (χ1n) is 14.4. The normalized spacial score (nSPS) is 47.7. The Balaban J connectivity index is 1.44. The van der Waals surface area contributed by atoms with Crippen LogP contribution in [0.3, 0.4) is 0 Å². The third-order valence-electron chi connectivity index (χ3n) is 12.4. The molecule has 11 atom stereocenters. The van der Waals surface area contributed by atoms with Gasteiger partial charge in [-0.2, -0.15) is 0 Å². The van der Waals surface area contributed by atoms with E-state index >= 15 is 0 Å². The van der Waals surface area contributed by atoms with Gasteiger partial charge in [0.25, 0.3) is 0 Å². The van der Waals surface area contributed by atoms with Gasteiger partial charge in [-0.25, -0.2) is 0 Å². The molecule has 0 amide bonds. The summed E-state index contributed by atoms with van der Waals surface area (Å²) in [5.41, 5.74) is 1.26. The van der Waals surface area contributed by atoms with Crippen LogP contribution in [-0.2, 0) is 0 Å². The Kier molecular flexibility index (Phi) is 7.23. The Labute approximate surface area is 194 Å². The minimum Gasteiger partial charge on any atom is -0.396 e. The fraction of sp³-hybridized carbons (Fsp3) is 1.00. The summed E-state index contributed by atoms with van der Waals surface area (Å²) in [6, 6.07) is 0. The average Bonchev–Trinajstić information content (AvgIpc) is 3.11. The molecule has 4 fully saturated rings. The lowest BCUT2D eigenvalue weighted by Crippen LogP contribution is -2.54. The van der Waals surface area contributed by atoms with Crippen LogP contribution in [0.4, 0.5) is 0 Å². The highest BCUT2D eigenvalue weighted by Crippen LogP contribution is 2.68. The SMILES string of the molecule is CCC(CC[C@@H](C)[C@H]1CC[C@H]2[C@@H]3CCC4C(C)CCC[C@]4(C)[C@H]3CC[C@]12C)C(C)CO. The molecule has 4 rings (SSSR count). The topological polar surface area (TPSA) is 20.2 Å². The van der Waals surface area contributed by atoms with Crippen molar-refractivity contribution in [1.29, 1.82) is 0 Å². The van der Waals surface area contributed by atoms with E-state index in [0.29, 0.717) is 29.3 Å². The minimum absolute atomic E-state index is 0.359. The van der Waals surface area contributed by atoms with Gasteiger partial charge in [0.2, 0.25) is 0 Å². The first-order valence-corrected chi connectivity index (χ1v) is 14.4. The Morgan fingerprint density at radius 3 is 2.26 bits per heavy atom. The van der Waals surface area contributed by atoms with Crippen molar-refractivity contribution >= 4 is 0 Å². The molecule has 0 aromatic heterocycles. The lowest BCUT2D eigenvalue weighted by molar-refractivity contribution is -0.127. The number of aliphatic hydroxyl groups is 1. The molecule has 4 unspecified atom stereocenters. The summed E-state index contributed by atoms with van der Waals surface area (Å²) in [5, 5.41) is 9.64. The smallest absolute Gasteiger partial charge is 0.0459 e. The van der Waals surface area contributed by atoms with E-state index < -0.39 is 0 Å². The first-order chi connectivity index (χ1) is 14.8. The van der Waals surface area contributed by atoms with E-state index in [2.05, 4.69) is 41.5 Å². The molecule has 0 aromatic carbocycles. The van der Waals surface area contributed by atoms with Crippen LogP contribution in [0.25, 0.3) is 0 Å². The predicted molar refractivity (Wildman–Crippen MR) is 133 cm³/mol. The van der Waals surface area contributed by atoms with Crippen LogP contribution in [0.1, 0.15) is 119 Å². The number of rotatable bonds is 7. The lowest BCUT2D eigenvalue weighted by Gasteiger charge is -2.62. The summed E-state index contributed by atoms with van der Waals surface area (Å²) in [5.74, 6) is 8.01. The van der Waals surface area contributed by atoms with Gasteiger partial charge in [0.15, 0.2) is 0 Å². The van der Waals surface area contributed by atoms with Crippen molar-refractivity contribution in [2.75, 3.05) is 6.61 Å². The molecule has 0 bridgehead atoms. The summed E-state index contributed by atoms with van der Waals surface area (Å²) in [4.78, 5) is 0. The fourth-order valence-electron chi connectivity index (χ4n) is 10.5. The van der Waals surface area contributed by atoms with Crippen molar-refractivity contribution in [3.63, 3.8) is 0 Å². The zero-order valence-electron chi connectivity index (χ0n) is 21.8. The first kappa shape index (κ1) is 24.1. The number of hydrogen-bond donors (Lipinski definition) is 1. The third-order valence-corrected chi connectivity index (χ3v) is 12.4. The molecule has 4 aliphatic carbocycles. The van der Waals surface area contributed by atoms with Gasteiger partial charge in [0.1, 0.15) is 0 Å². The zero-order valence-corrected chi connectivity index (χ0v) is 21.8. The van der Waals surface area contributed by atoms with Crippen LogP contribution in [0, 0.1) is 64.1 Å². The average molecular weight is 431 g/mol. The minimum atomic E-state index is 0.359. The molecule has 0 radical (unpaired) electrons. The Bertz CT molecular complexity index is 599. The highest BCUT2D eigenvalue weighted by molar-refractivity contribution is 5.09. The van der Waals surface area contributed by atoms with Gasteiger partial charge >= 0.3 is 0 Å². The molecule has 0 saturated heterocycles. The van der Waals surface area contributed by atoms with Gasteiger partial charge in [-0.1, -0.05) is 67.2 Å². The predicted octanol–water partition coefficient (Wildman–Crippen LogP) is 8.35. The third kappa shape index (κ3) is 4.06. The second-order valence-corrected chi connectivity index (χ2v) is 13.5. The molecule has 0 aromatic rings. The van der Waals surface area contributed by atoms with Gasteiger partial charge in [0, 0.05) is 6.61 Å². The lowest BCUT2D eigenvalue weighted by atomic mass is 9.43. The van der Waals surface area contributed by atoms with Crippen molar-refractivity contribution in [3.8, 4) is 0 Å². The molecule has 1 N–H and O–H groups in total. The number of aliphatic hydroxyl groups excluding tert-OH is 1. The van der Waals surface area contributed by atoms with E-state index in [1.54, 1.807) is 6.42 Å². The zero-order chi connectivity index (χ0) is 22.4. The Morgan fingerprint density at radius 2 is 1.55 bits per heavy atom. The number of hydrogen-bond acceptors (Lipinski definition) is 1. The number of fused-ring (bicyclic) bond motifs is 5. The largest absolute Gasteiger partial charge is 0.396 e. The quantitative estimate of drug-likeness (QED) is 0.430. The molecule has 1 nitrogen and oxygen atoms in total. The second-order valence-electron chi connectivity index (χ2n) is 13.5. The Morgan fingerprint density at radius 1 is 0.839 bits per heavy atom. The maximum Gasteiger partial charge on any atom is 0.0459 e. The van der Waals surface area contributed by atoms with Gasteiger partial charge in [-0.3, -0.25) is 0 Å². The van der Waals surface area contributed by atoms with Crippen molar-refractivity contribution in [3.05, 3.63) is 0 Å². The maximum atomic E-state index is 9.64. The van der Waals surface area contributed by atoms with E-state index in [1.807, 2.05) is 0 Å². The van der Waals surface area contributed by atoms with Crippen LogP contribution < -0.4 is 0 Å². The van der Waals surface area contributed by atoms with Crippen LogP contribution in [0.2, 0.25) is 0 Å². The van der Waals surface area contributed by atoms with Crippen molar-refractivity contribution in [1.82, 2.24) is 0 Å². The van der Waals surface area contributed by atoms with Gasteiger partial charge in [-0.05, 0) is 115 Å². The summed E-state index contributed by atoms with van der Waals surface area (Å²) < 4.78 is 0. The molecule has 4 aliphatic rings. The highest BCUT2D eigenvalue weighted by Gasteiger charge is 2.60. The molecule has 0 spiro atoms. The summed E-state index contributed by atoms with van der Waals surface area (Å²) in [6.45, 7) is 15.5. The van der Waals surface area contributed by atoms with Crippen molar-refractivity contribution in [2.24, 2.45) is 64.1 Å². The molecule has 1 heteroatoms. The highest BCUT2D eigenvalue weighted by atomic mass is 16.3. The van der Waals surface area contributed by atoms with E-state index in [4.69, 9.17) is 0 Å². The molecule has 180 valence electrons. The molecular weight excluding hydrogens is 376 g/mol. The summed E-state index contributed by atoms with van der Waals surface area (Å²) >= 11 is 0. The molecule has 0 aliphatic heterocycles. The van der Waals surface area contributed by atoms with Crippen molar-refractivity contribution in [2.45, 2.75) is 119 Å². The molecule has 4 saturated carbocycles. The van der Waals surface area contributed by atoms with Crippen LogP contribution in [0.5, 0.6) is 0 Å². The monoisotopic (exact) mass is 430 g/mol. The molecule has 31 heavy (non-hydrogen) atoms. The summed E-state index contributed by atoms with van der Waals surface area (Å²) in [7, 11) is 0. The van der Waals surface area contributed by atoms with Crippen LogP contribution in [-0.4, -0.2) is 11.7 Å². The molecular formula is C30H54O. The van der Waals surface area contributed by atoms with Crippen molar-refractivity contribution < 1.29 is 5.11 Å². The van der Waals surface area contributed by atoms with Gasteiger partial charge < -0.3 is 5.11 Å². The van der Waals surface area contributed by atoms with E-state index in [-0.39, 0.29) is 0 Å². The Hall–Kier alpha value is -0.0400. The van der Waals surface area contributed by atoms with E-state index in [1.165, 1.54) is 70.6 Å². The van der Waals surface area contributed by atoms with Crippen LogP contribution in [0.15, 0.2) is 0 Å².